The third kappa shape index (κ3) is 3.69. The summed E-state index contributed by atoms with van der Waals surface area (Å²) in [5.74, 6) is 0.343. The summed E-state index contributed by atoms with van der Waals surface area (Å²) in [5, 5.41) is 0. The summed E-state index contributed by atoms with van der Waals surface area (Å²) < 4.78 is 6.82. The fourth-order valence-corrected chi connectivity index (χ4v) is 11.1. The molecule has 26 heavy (non-hydrogen) atoms. The second-order valence-corrected chi connectivity index (χ2v) is 14.8. The molecular formula is C22H41NO2Si. The molecule has 0 saturated carbocycles. The van der Waals surface area contributed by atoms with E-state index < -0.39 is 8.32 Å². The van der Waals surface area contributed by atoms with Gasteiger partial charge in [-0.15, -0.1) is 0 Å². The molecule has 4 heteroatoms. The van der Waals surface area contributed by atoms with E-state index in [1.165, 1.54) is 12.8 Å². The summed E-state index contributed by atoms with van der Waals surface area (Å²) in [6, 6.07) is 0. The Morgan fingerprint density at radius 3 is 2.27 bits per heavy atom. The van der Waals surface area contributed by atoms with Crippen LogP contribution in [0.1, 0.15) is 87.0 Å². The van der Waals surface area contributed by atoms with Gasteiger partial charge in [0.25, 0.3) is 0 Å². The average Bonchev–Trinajstić information content (AvgIpc) is 2.85. The van der Waals surface area contributed by atoms with E-state index in [0.29, 0.717) is 29.0 Å². The number of ketones is 1. The molecule has 1 saturated heterocycles. The van der Waals surface area contributed by atoms with Gasteiger partial charge in [-0.25, -0.2) is 0 Å². The Morgan fingerprint density at radius 1 is 1.12 bits per heavy atom. The van der Waals surface area contributed by atoms with Crippen molar-refractivity contribution in [1.29, 1.82) is 0 Å². The summed E-state index contributed by atoms with van der Waals surface area (Å²) >= 11 is 0. The largest absolute Gasteiger partial charge is 0.410 e. The molecule has 2 heterocycles. The van der Waals surface area contributed by atoms with Crippen molar-refractivity contribution in [3.05, 3.63) is 11.8 Å². The summed E-state index contributed by atoms with van der Waals surface area (Å²) in [6.45, 7) is 17.8. The molecule has 0 N–H and O–H groups in total. The Bertz CT molecular complexity index is 504. The number of hydrogen-bond donors (Lipinski definition) is 0. The molecule has 0 aromatic rings. The van der Waals surface area contributed by atoms with Gasteiger partial charge in [0.15, 0.2) is 5.78 Å². The maximum atomic E-state index is 13.0. The fourth-order valence-electron chi connectivity index (χ4n) is 5.75. The van der Waals surface area contributed by atoms with Gasteiger partial charge in [0.2, 0.25) is 8.32 Å². The van der Waals surface area contributed by atoms with Crippen LogP contribution in [0.25, 0.3) is 0 Å². The van der Waals surface area contributed by atoms with Crippen molar-refractivity contribution >= 4 is 14.1 Å². The number of fused-ring (bicyclic) bond motifs is 1. The highest BCUT2D eigenvalue weighted by atomic mass is 28.4. The maximum Gasteiger partial charge on any atom is 0.200 e. The molecule has 1 atom stereocenters. The van der Waals surface area contributed by atoms with Crippen molar-refractivity contribution in [2.24, 2.45) is 0 Å². The summed E-state index contributed by atoms with van der Waals surface area (Å²) in [5.41, 5.74) is 2.64. The Kier molecular flexibility index (Phi) is 7.17. The van der Waals surface area contributed by atoms with Crippen LogP contribution in [0.3, 0.4) is 0 Å². The summed E-state index contributed by atoms with van der Waals surface area (Å²) in [7, 11) is -1.90. The minimum atomic E-state index is -1.90. The van der Waals surface area contributed by atoms with Crippen LogP contribution in [0.5, 0.6) is 0 Å². The predicted octanol–water partition coefficient (Wildman–Crippen LogP) is 6.06. The Hall–Kier alpha value is -0.613. The number of carbonyl (C=O) groups is 1. The number of rotatable bonds is 9. The molecule has 1 unspecified atom stereocenters. The van der Waals surface area contributed by atoms with E-state index in [2.05, 4.69) is 53.4 Å². The lowest BCUT2D eigenvalue weighted by Crippen LogP contribution is -2.53. The maximum absolute atomic E-state index is 13.0. The molecule has 150 valence electrons. The Morgan fingerprint density at radius 2 is 1.73 bits per heavy atom. The molecule has 0 spiro atoms. The lowest BCUT2D eigenvalue weighted by Gasteiger charge is -2.46. The van der Waals surface area contributed by atoms with Gasteiger partial charge < -0.3 is 9.33 Å². The zero-order valence-corrected chi connectivity index (χ0v) is 19.2. The SMILES string of the molecule is CCCCC12CCCCN1C(CO[Si](C(C)C)(C(C)C)C(C)C)=CC2=O. The average molecular weight is 380 g/mol. The van der Waals surface area contributed by atoms with E-state index in [1.807, 2.05) is 6.08 Å². The second kappa shape index (κ2) is 8.60. The topological polar surface area (TPSA) is 29.5 Å². The first-order valence-electron chi connectivity index (χ1n) is 10.9. The van der Waals surface area contributed by atoms with Crippen LogP contribution < -0.4 is 0 Å². The van der Waals surface area contributed by atoms with E-state index in [1.54, 1.807) is 0 Å². The minimum Gasteiger partial charge on any atom is -0.410 e. The van der Waals surface area contributed by atoms with Gasteiger partial charge in [0.05, 0.1) is 6.61 Å². The Labute approximate surface area is 162 Å². The lowest BCUT2D eigenvalue weighted by molar-refractivity contribution is -0.125. The van der Waals surface area contributed by atoms with Gasteiger partial charge in [-0.2, -0.15) is 0 Å². The fraction of sp³-hybridized carbons (Fsp3) is 0.864. The minimum absolute atomic E-state index is 0.245. The molecule has 0 bridgehead atoms. The first-order valence-corrected chi connectivity index (χ1v) is 13.0. The van der Waals surface area contributed by atoms with Gasteiger partial charge >= 0.3 is 0 Å². The normalized spacial score (nSPS) is 24.0. The summed E-state index contributed by atoms with van der Waals surface area (Å²) in [6.07, 6.45) is 8.61. The van der Waals surface area contributed by atoms with Crippen LogP contribution in [0.2, 0.25) is 16.6 Å². The van der Waals surface area contributed by atoms with Gasteiger partial charge in [-0.3, -0.25) is 4.79 Å². The van der Waals surface area contributed by atoms with Crippen LogP contribution >= 0.6 is 0 Å². The van der Waals surface area contributed by atoms with Gasteiger partial charge in [-0.05, 0) is 42.3 Å². The van der Waals surface area contributed by atoms with Crippen LogP contribution in [0, 0.1) is 0 Å². The molecule has 2 aliphatic rings. The third-order valence-corrected chi connectivity index (χ3v) is 13.0. The van der Waals surface area contributed by atoms with E-state index >= 15 is 0 Å². The van der Waals surface area contributed by atoms with Crippen molar-refractivity contribution in [3.8, 4) is 0 Å². The van der Waals surface area contributed by atoms with Crippen molar-refractivity contribution in [2.45, 2.75) is 109 Å². The van der Waals surface area contributed by atoms with Crippen molar-refractivity contribution in [2.75, 3.05) is 13.2 Å². The number of hydrogen-bond acceptors (Lipinski definition) is 3. The first kappa shape index (κ1) is 21.7. The number of piperidine rings is 1. The molecule has 0 radical (unpaired) electrons. The highest BCUT2D eigenvalue weighted by Gasteiger charge is 2.50. The first-order chi connectivity index (χ1) is 12.2. The zero-order valence-electron chi connectivity index (χ0n) is 18.2. The zero-order chi connectivity index (χ0) is 19.5. The number of nitrogens with zero attached hydrogens (tertiary/aromatic N) is 1. The quantitative estimate of drug-likeness (QED) is 0.456. The van der Waals surface area contributed by atoms with E-state index in [-0.39, 0.29) is 5.54 Å². The van der Waals surface area contributed by atoms with Crippen molar-refractivity contribution < 1.29 is 9.22 Å². The highest BCUT2D eigenvalue weighted by Crippen LogP contribution is 2.45. The van der Waals surface area contributed by atoms with Gasteiger partial charge in [-0.1, -0.05) is 61.3 Å². The smallest absolute Gasteiger partial charge is 0.200 e. The molecule has 2 aliphatic heterocycles. The van der Waals surface area contributed by atoms with Crippen LogP contribution in [0.4, 0.5) is 0 Å². The van der Waals surface area contributed by atoms with E-state index in [4.69, 9.17) is 4.43 Å². The van der Waals surface area contributed by atoms with Crippen molar-refractivity contribution in [3.63, 3.8) is 0 Å². The second-order valence-electron chi connectivity index (χ2n) is 9.35. The number of carbonyl (C=O) groups excluding carboxylic acids is 1. The molecule has 0 aliphatic carbocycles. The predicted molar refractivity (Wildman–Crippen MR) is 113 cm³/mol. The van der Waals surface area contributed by atoms with Crippen LogP contribution in [-0.4, -0.2) is 37.7 Å². The molecule has 0 aromatic heterocycles. The van der Waals surface area contributed by atoms with Gasteiger partial charge in [0, 0.05) is 18.3 Å². The van der Waals surface area contributed by atoms with E-state index in [0.717, 1.165) is 37.9 Å². The lowest BCUT2D eigenvalue weighted by atomic mass is 9.81. The molecular weight excluding hydrogens is 338 g/mol. The standard InChI is InChI=1S/C22H41NO2Si/c1-8-9-12-22-13-10-11-14-23(22)20(15-21(22)24)16-25-26(17(2)3,18(4)5)19(6)7/h15,17-19H,8-14,16H2,1-7H3. The molecule has 2 rings (SSSR count). The highest BCUT2D eigenvalue weighted by molar-refractivity contribution is 6.77. The Balaban J connectivity index is 2.21. The van der Waals surface area contributed by atoms with E-state index in [9.17, 15) is 4.79 Å². The molecule has 0 aromatic carbocycles. The van der Waals surface area contributed by atoms with Crippen molar-refractivity contribution in [1.82, 2.24) is 4.90 Å². The third-order valence-electron chi connectivity index (χ3n) is 6.96. The van der Waals surface area contributed by atoms with Crippen LogP contribution in [-0.2, 0) is 9.22 Å². The summed E-state index contributed by atoms with van der Waals surface area (Å²) in [4.78, 5) is 15.4. The van der Waals surface area contributed by atoms with Gasteiger partial charge in [0.1, 0.15) is 5.54 Å². The van der Waals surface area contributed by atoms with Crippen LogP contribution in [0.15, 0.2) is 11.8 Å². The molecule has 3 nitrogen and oxygen atoms in total. The molecule has 0 amide bonds. The number of unbranched alkanes of at least 4 members (excludes halogenated alkanes) is 1. The molecule has 1 fully saturated rings. The monoisotopic (exact) mass is 379 g/mol.